The fourth-order valence-electron chi connectivity index (χ4n) is 2.38. The van der Waals surface area contributed by atoms with Gasteiger partial charge in [-0.2, -0.15) is 0 Å². The highest BCUT2D eigenvalue weighted by atomic mass is 15.2. The standard InChI is InChI=1S/C12H18N4/c1-5-13-12(14-6-1)8-15-10-4-7-16(9-10)11-2-3-11/h1,5-6,10-11,15H,2-4,7-9H2. The van der Waals surface area contributed by atoms with Crippen molar-refractivity contribution in [3.8, 4) is 0 Å². The maximum atomic E-state index is 4.22. The van der Waals surface area contributed by atoms with Gasteiger partial charge in [0.1, 0.15) is 5.82 Å². The summed E-state index contributed by atoms with van der Waals surface area (Å²) >= 11 is 0. The number of hydrogen-bond donors (Lipinski definition) is 1. The summed E-state index contributed by atoms with van der Waals surface area (Å²) in [5.41, 5.74) is 0. The third-order valence-corrected chi connectivity index (χ3v) is 3.45. The second kappa shape index (κ2) is 4.47. The third-order valence-electron chi connectivity index (χ3n) is 3.45. The lowest BCUT2D eigenvalue weighted by Gasteiger charge is -2.15. The van der Waals surface area contributed by atoms with Crippen LogP contribution in [0.15, 0.2) is 18.5 Å². The minimum atomic E-state index is 0.629. The van der Waals surface area contributed by atoms with Crippen molar-refractivity contribution >= 4 is 0 Å². The van der Waals surface area contributed by atoms with Crippen molar-refractivity contribution in [1.82, 2.24) is 20.2 Å². The van der Waals surface area contributed by atoms with Crippen LogP contribution in [0.1, 0.15) is 25.1 Å². The Morgan fingerprint density at radius 2 is 2.06 bits per heavy atom. The van der Waals surface area contributed by atoms with Gasteiger partial charge in [0.25, 0.3) is 0 Å². The van der Waals surface area contributed by atoms with Crippen molar-refractivity contribution in [1.29, 1.82) is 0 Å². The molecule has 1 aromatic rings. The van der Waals surface area contributed by atoms with Crippen LogP contribution >= 0.6 is 0 Å². The Morgan fingerprint density at radius 1 is 1.25 bits per heavy atom. The molecule has 0 amide bonds. The summed E-state index contributed by atoms with van der Waals surface area (Å²) in [6.07, 6.45) is 7.69. The van der Waals surface area contributed by atoms with E-state index in [9.17, 15) is 0 Å². The molecule has 86 valence electrons. The van der Waals surface area contributed by atoms with Crippen molar-refractivity contribution in [3.63, 3.8) is 0 Å². The molecule has 0 bridgehead atoms. The van der Waals surface area contributed by atoms with E-state index >= 15 is 0 Å². The van der Waals surface area contributed by atoms with Crippen LogP contribution in [0.4, 0.5) is 0 Å². The maximum absolute atomic E-state index is 4.22. The van der Waals surface area contributed by atoms with Gasteiger partial charge in [-0.1, -0.05) is 0 Å². The van der Waals surface area contributed by atoms with Gasteiger partial charge in [0.15, 0.2) is 0 Å². The maximum Gasteiger partial charge on any atom is 0.141 e. The largest absolute Gasteiger partial charge is 0.306 e. The van der Waals surface area contributed by atoms with Crippen molar-refractivity contribution in [2.45, 2.75) is 37.9 Å². The SMILES string of the molecule is c1cnc(CNC2CCN(C3CC3)C2)nc1. The first-order valence-electron chi connectivity index (χ1n) is 6.15. The van der Waals surface area contributed by atoms with Crippen molar-refractivity contribution in [2.24, 2.45) is 0 Å². The Hall–Kier alpha value is -1.00. The molecule has 1 N–H and O–H groups in total. The van der Waals surface area contributed by atoms with Crippen molar-refractivity contribution < 1.29 is 0 Å². The summed E-state index contributed by atoms with van der Waals surface area (Å²) in [6, 6.07) is 3.39. The Morgan fingerprint density at radius 3 is 2.81 bits per heavy atom. The molecule has 0 radical (unpaired) electrons. The molecule has 4 nitrogen and oxygen atoms in total. The molecule has 0 aromatic carbocycles. The van der Waals surface area contributed by atoms with Gasteiger partial charge in [0.2, 0.25) is 0 Å². The molecule has 1 aromatic heterocycles. The summed E-state index contributed by atoms with van der Waals surface area (Å²) in [4.78, 5) is 11.1. The molecule has 3 rings (SSSR count). The molecule has 1 unspecified atom stereocenters. The van der Waals surface area contributed by atoms with E-state index in [-0.39, 0.29) is 0 Å². The first kappa shape index (κ1) is 10.2. The van der Waals surface area contributed by atoms with E-state index in [0.29, 0.717) is 6.04 Å². The first-order chi connectivity index (χ1) is 7.92. The third kappa shape index (κ3) is 2.39. The molecule has 1 aliphatic carbocycles. The lowest BCUT2D eigenvalue weighted by molar-refractivity contribution is 0.317. The summed E-state index contributed by atoms with van der Waals surface area (Å²) in [6.45, 7) is 3.26. The van der Waals surface area contributed by atoms with Crippen LogP contribution < -0.4 is 5.32 Å². The summed E-state index contributed by atoms with van der Waals surface area (Å²) in [5.74, 6) is 0.896. The Bertz CT molecular complexity index is 336. The zero-order valence-corrected chi connectivity index (χ0v) is 9.47. The van der Waals surface area contributed by atoms with Crippen molar-refractivity contribution in [3.05, 3.63) is 24.3 Å². The quantitative estimate of drug-likeness (QED) is 0.811. The van der Waals surface area contributed by atoms with Crippen LogP contribution in [-0.4, -0.2) is 40.0 Å². The fraction of sp³-hybridized carbons (Fsp3) is 0.667. The highest BCUT2D eigenvalue weighted by molar-refractivity contribution is 4.93. The van der Waals surface area contributed by atoms with Crippen LogP contribution in [0.3, 0.4) is 0 Å². The molecule has 2 heterocycles. The Labute approximate surface area is 96.1 Å². The molecule has 1 saturated carbocycles. The summed E-state index contributed by atoms with van der Waals surface area (Å²) < 4.78 is 0. The molecule has 2 aliphatic rings. The number of rotatable bonds is 4. The lowest BCUT2D eigenvalue weighted by Crippen LogP contribution is -2.33. The van der Waals surface area contributed by atoms with Crippen LogP contribution in [0.2, 0.25) is 0 Å². The molecule has 1 saturated heterocycles. The number of nitrogens with one attached hydrogen (secondary N) is 1. The van der Waals surface area contributed by atoms with E-state index in [0.717, 1.165) is 18.4 Å². The Kier molecular flexibility index (Phi) is 2.84. The van der Waals surface area contributed by atoms with Gasteiger partial charge in [0.05, 0.1) is 6.54 Å². The molecular formula is C12H18N4. The lowest BCUT2D eigenvalue weighted by atomic mass is 10.2. The van der Waals surface area contributed by atoms with Gasteiger partial charge in [-0.25, -0.2) is 9.97 Å². The van der Waals surface area contributed by atoms with Crippen LogP contribution in [0.5, 0.6) is 0 Å². The number of hydrogen-bond acceptors (Lipinski definition) is 4. The zero-order valence-electron chi connectivity index (χ0n) is 9.47. The smallest absolute Gasteiger partial charge is 0.141 e. The van der Waals surface area contributed by atoms with Crippen LogP contribution in [-0.2, 0) is 6.54 Å². The average Bonchev–Trinajstić information content (AvgIpc) is 3.08. The van der Waals surface area contributed by atoms with Crippen LogP contribution in [0.25, 0.3) is 0 Å². The minimum Gasteiger partial charge on any atom is -0.306 e. The van der Waals surface area contributed by atoms with E-state index in [1.54, 1.807) is 12.4 Å². The van der Waals surface area contributed by atoms with Gasteiger partial charge in [-0.05, 0) is 25.3 Å². The summed E-state index contributed by atoms with van der Waals surface area (Å²) in [5, 5.41) is 3.54. The number of likely N-dealkylation sites (tertiary alicyclic amines) is 1. The second-order valence-electron chi connectivity index (χ2n) is 4.76. The molecule has 1 atom stereocenters. The van der Waals surface area contributed by atoms with Crippen LogP contribution in [0, 0.1) is 0 Å². The van der Waals surface area contributed by atoms with Crippen molar-refractivity contribution in [2.75, 3.05) is 13.1 Å². The zero-order chi connectivity index (χ0) is 10.8. The predicted molar refractivity (Wildman–Crippen MR) is 61.9 cm³/mol. The normalized spacial score (nSPS) is 26.1. The topological polar surface area (TPSA) is 41.1 Å². The molecule has 0 spiro atoms. The number of aromatic nitrogens is 2. The molecule has 4 heteroatoms. The number of nitrogens with zero attached hydrogens (tertiary/aromatic N) is 3. The Balaban J connectivity index is 1.46. The first-order valence-corrected chi connectivity index (χ1v) is 6.15. The molecular weight excluding hydrogens is 200 g/mol. The van der Waals surface area contributed by atoms with E-state index in [1.165, 1.54) is 32.4 Å². The van der Waals surface area contributed by atoms with E-state index in [4.69, 9.17) is 0 Å². The highest BCUT2D eigenvalue weighted by Gasteiger charge is 2.34. The van der Waals surface area contributed by atoms with Gasteiger partial charge in [0, 0.05) is 37.6 Å². The summed E-state index contributed by atoms with van der Waals surface area (Å²) in [7, 11) is 0. The fourth-order valence-corrected chi connectivity index (χ4v) is 2.38. The monoisotopic (exact) mass is 218 g/mol. The second-order valence-corrected chi connectivity index (χ2v) is 4.76. The van der Waals surface area contributed by atoms with Gasteiger partial charge >= 0.3 is 0 Å². The van der Waals surface area contributed by atoms with E-state index in [1.807, 2.05) is 6.07 Å². The molecule has 16 heavy (non-hydrogen) atoms. The average molecular weight is 218 g/mol. The van der Waals surface area contributed by atoms with Gasteiger partial charge in [-0.15, -0.1) is 0 Å². The molecule has 2 fully saturated rings. The van der Waals surface area contributed by atoms with E-state index in [2.05, 4.69) is 20.2 Å². The van der Waals surface area contributed by atoms with Gasteiger partial charge in [-0.3, -0.25) is 4.90 Å². The highest BCUT2D eigenvalue weighted by Crippen LogP contribution is 2.29. The molecule has 1 aliphatic heterocycles. The van der Waals surface area contributed by atoms with E-state index < -0.39 is 0 Å². The predicted octanol–water partition coefficient (Wildman–Crippen LogP) is 0.803. The minimum absolute atomic E-state index is 0.629. The van der Waals surface area contributed by atoms with Gasteiger partial charge < -0.3 is 5.32 Å².